The van der Waals surface area contributed by atoms with Crippen molar-refractivity contribution < 1.29 is 5.11 Å². The largest absolute Gasteiger partial charge is 0.384 e. The number of halogens is 1. The standard InChI is InChI=1S/C21H32ClN3O/c1-6-8-21(26,9-7-2)19(14-23-5)24-10-11-25(15-24)20-17(4)12-16(3)13-18(20)22/h12-14,26H,5-11,15H2,1-4H3/b19-14-. The Balaban J connectivity index is 2.29. The molecule has 0 aromatic heterocycles. The minimum Gasteiger partial charge on any atom is -0.384 e. The number of nitrogens with zero attached hydrogens (tertiary/aromatic N) is 3. The molecule has 1 N–H and O–H groups in total. The molecule has 1 aromatic rings. The van der Waals surface area contributed by atoms with E-state index >= 15 is 0 Å². The smallest absolute Gasteiger partial charge is 0.106 e. The van der Waals surface area contributed by atoms with Crippen LogP contribution in [0.2, 0.25) is 5.02 Å². The minimum atomic E-state index is -0.854. The number of hydrogen-bond donors (Lipinski definition) is 1. The SMILES string of the molecule is C=N/C=C(\N1CCN(c2c(C)cc(C)cc2Cl)C1)C(O)(CCC)CCC. The molecule has 4 nitrogen and oxygen atoms in total. The Morgan fingerprint density at radius 1 is 1.27 bits per heavy atom. The van der Waals surface area contributed by atoms with E-state index < -0.39 is 5.60 Å². The number of aliphatic hydroxyl groups is 1. The summed E-state index contributed by atoms with van der Waals surface area (Å²) in [5.74, 6) is 0. The molecule has 2 rings (SSSR count). The van der Waals surface area contributed by atoms with Crippen molar-refractivity contribution in [3.8, 4) is 0 Å². The lowest BCUT2D eigenvalue weighted by molar-refractivity contribution is 0.0321. The first-order valence-corrected chi connectivity index (χ1v) is 9.89. The van der Waals surface area contributed by atoms with Gasteiger partial charge in [-0.05, 0) is 50.6 Å². The lowest BCUT2D eigenvalue weighted by Crippen LogP contribution is -2.40. The molecule has 1 aromatic carbocycles. The van der Waals surface area contributed by atoms with E-state index in [1.807, 2.05) is 6.07 Å². The van der Waals surface area contributed by atoms with Gasteiger partial charge in [0.15, 0.2) is 0 Å². The first kappa shape index (κ1) is 20.8. The Morgan fingerprint density at radius 2 is 1.92 bits per heavy atom. The molecular formula is C21H32ClN3O. The van der Waals surface area contributed by atoms with Crippen molar-refractivity contribution in [1.82, 2.24) is 4.90 Å². The molecule has 1 aliphatic rings. The van der Waals surface area contributed by atoms with Crippen molar-refractivity contribution in [1.29, 1.82) is 0 Å². The van der Waals surface area contributed by atoms with Gasteiger partial charge in [-0.1, -0.05) is 44.4 Å². The number of rotatable bonds is 8. The summed E-state index contributed by atoms with van der Waals surface area (Å²) in [6, 6.07) is 4.18. The maximum Gasteiger partial charge on any atom is 0.106 e. The predicted molar refractivity (Wildman–Crippen MR) is 112 cm³/mol. The highest BCUT2D eigenvalue weighted by atomic mass is 35.5. The molecule has 5 heteroatoms. The summed E-state index contributed by atoms with van der Waals surface area (Å²) >= 11 is 6.54. The number of benzene rings is 1. The highest BCUT2D eigenvalue weighted by molar-refractivity contribution is 6.33. The molecule has 0 radical (unpaired) electrons. The van der Waals surface area contributed by atoms with Crippen molar-refractivity contribution in [2.24, 2.45) is 4.99 Å². The van der Waals surface area contributed by atoms with E-state index in [-0.39, 0.29) is 0 Å². The van der Waals surface area contributed by atoms with Gasteiger partial charge in [0, 0.05) is 19.3 Å². The van der Waals surface area contributed by atoms with Crippen LogP contribution in [0.15, 0.2) is 29.0 Å². The summed E-state index contributed by atoms with van der Waals surface area (Å²) in [6.07, 6.45) is 5.03. The lowest BCUT2D eigenvalue weighted by atomic mass is 9.88. The fraction of sp³-hybridized carbons (Fsp3) is 0.571. The van der Waals surface area contributed by atoms with Gasteiger partial charge in [-0.15, -0.1) is 0 Å². The van der Waals surface area contributed by atoms with Gasteiger partial charge in [-0.2, -0.15) is 0 Å². The molecule has 1 saturated heterocycles. The molecular weight excluding hydrogens is 346 g/mol. The molecule has 144 valence electrons. The summed E-state index contributed by atoms with van der Waals surface area (Å²) in [6.45, 7) is 14.4. The van der Waals surface area contributed by atoms with Gasteiger partial charge in [0.2, 0.25) is 0 Å². The zero-order valence-electron chi connectivity index (χ0n) is 16.6. The van der Waals surface area contributed by atoms with E-state index in [1.165, 1.54) is 11.1 Å². The maximum absolute atomic E-state index is 11.3. The van der Waals surface area contributed by atoms with Crippen LogP contribution in [0.25, 0.3) is 0 Å². The third-order valence-corrected chi connectivity index (χ3v) is 5.34. The molecule has 1 heterocycles. The average molecular weight is 378 g/mol. The number of aliphatic imine (C=N–C) groups is 1. The van der Waals surface area contributed by atoms with E-state index in [9.17, 15) is 5.11 Å². The Bertz CT molecular complexity index is 642. The van der Waals surface area contributed by atoms with Gasteiger partial charge in [-0.25, -0.2) is 0 Å². The van der Waals surface area contributed by atoms with Crippen LogP contribution in [0.1, 0.15) is 50.7 Å². The highest BCUT2D eigenvalue weighted by Gasteiger charge is 2.36. The minimum absolute atomic E-state index is 0.695. The van der Waals surface area contributed by atoms with Crippen molar-refractivity contribution >= 4 is 24.0 Å². The summed E-state index contributed by atoms with van der Waals surface area (Å²) < 4.78 is 0. The highest BCUT2D eigenvalue weighted by Crippen LogP contribution is 2.36. The van der Waals surface area contributed by atoms with Crippen molar-refractivity contribution in [3.05, 3.63) is 40.2 Å². The Morgan fingerprint density at radius 3 is 2.46 bits per heavy atom. The third-order valence-electron chi connectivity index (χ3n) is 5.05. The fourth-order valence-electron chi connectivity index (χ4n) is 4.07. The van der Waals surface area contributed by atoms with Crippen molar-refractivity contribution in [2.75, 3.05) is 24.7 Å². The zero-order chi connectivity index (χ0) is 19.3. The van der Waals surface area contributed by atoms with Crippen LogP contribution < -0.4 is 4.90 Å². The van der Waals surface area contributed by atoms with E-state index in [4.69, 9.17) is 11.6 Å². The van der Waals surface area contributed by atoms with Crippen LogP contribution in [0.4, 0.5) is 5.69 Å². The summed E-state index contributed by atoms with van der Waals surface area (Å²) in [5, 5.41) is 12.1. The van der Waals surface area contributed by atoms with Gasteiger partial charge in [-0.3, -0.25) is 4.99 Å². The van der Waals surface area contributed by atoms with Gasteiger partial charge in [0.05, 0.1) is 23.1 Å². The number of hydrogen-bond acceptors (Lipinski definition) is 4. The van der Waals surface area contributed by atoms with Crippen LogP contribution in [0.5, 0.6) is 0 Å². The van der Waals surface area contributed by atoms with Gasteiger partial charge < -0.3 is 14.9 Å². The second kappa shape index (κ2) is 8.92. The van der Waals surface area contributed by atoms with E-state index in [0.29, 0.717) is 6.67 Å². The summed E-state index contributed by atoms with van der Waals surface area (Å²) in [7, 11) is 0. The molecule has 0 atom stereocenters. The van der Waals surface area contributed by atoms with E-state index in [1.54, 1.807) is 6.20 Å². The van der Waals surface area contributed by atoms with Gasteiger partial charge >= 0.3 is 0 Å². The molecule has 1 aliphatic heterocycles. The van der Waals surface area contributed by atoms with Crippen LogP contribution in [0, 0.1) is 13.8 Å². The van der Waals surface area contributed by atoms with Crippen LogP contribution in [0.3, 0.4) is 0 Å². The number of anilines is 1. The molecule has 26 heavy (non-hydrogen) atoms. The maximum atomic E-state index is 11.3. The molecule has 0 spiro atoms. The Kier molecular flexibility index (Phi) is 7.13. The molecule has 1 fully saturated rings. The normalized spacial score (nSPS) is 15.7. The second-order valence-electron chi connectivity index (χ2n) is 7.31. The Labute approximate surface area is 163 Å². The van der Waals surface area contributed by atoms with Gasteiger partial charge in [0.25, 0.3) is 0 Å². The third kappa shape index (κ3) is 4.41. The van der Waals surface area contributed by atoms with E-state index in [2.05, 4.69) is 55.3 Å². The topological polar surface area (TPSA) is 39.1 Å². The second-order valence-corrected chi connectivity index (χ2v) is 7.72. The zero-order valence-corrected chi connectivity index (χ0v) is 17.3. The lowest BCUT2D eigenvalue weighted by Gasteiger charge is -2.36. The summed E-state index contributed by atoms with van der Waals surface area (Å²) in [4.78, 5) is 8.50. The van der Waals surface area contributed by atoms with Crippen LogP contribution in [-0.2, 0) is 0 Å². The first-order valence-electron chi connectivity index (χ1n) is 9.51. The van der Waals surface area contributed by atoms with Crippen LogP contribution in [-0.4, -0.2) is 42.1 Å². The molecule has 0 amide bonds. The van der Waals surface area contributed by atoms with Crippen LogP contribution >= 0.6 is 11.6 Å². The van der Waals surface area contributed by atoms with Crippen molar-refractivity contribution in [3.63, 3.8) is 0 Å². The van der Waals surface area contributed by atoms with Gasteiger partial charge in [0.1, 0.15) is 5.60 Å². The van der Waals surface area contributed by atoms with E-state index in [0.717, 1.165) is 55.2 Å². The first-order chi connectivity index (χ1) is 12.4. The average Bonchev–Trinajstić information content (AvgIpc) is 3.01. The fourth-order valence-corrected chi connectivity index (χ4v) is 4.51. The molecule has 0 saturated carbocycles. The number of aryl methyl sites for hydroxylation is 2. The quantitative estimate of drug-likeness (QED) is 0.654. The monoisotopic (exact) mass is 377 g/mol. The summed E-state index contributed by atoms with van der Waals surface area (Å²) in [5.41, 5.74) is 3.46. The molecule has 0 aliphatic carbocycles. The predicted octanol–water partition coefficient (Wildman–Crippen LogP) is 4.91. The van der Waals surface area contributed by atoms with Crippen molar-refractivity contribution in [2.45, 2.75) is 59.0 Å². The molecule has 0 unspecified atom stereocenters. The Hall–Kier alpha value is -1.52. The molecule has 0 bridgehead atoms.